The van der Waals surface area contributed by atoms with Crippen LogP contribution in [0.5, 0.6) is 5.75 Å². The number of methoxy groups -OCH3 is 1. The van der Waals surface area contributed by atoms with E-state index in [0.29, 0.717) is 18.8 Å². The van der Waals surface area contributed by atoms with Crippen molar-refractivity contribution >= 4 is 22.0 Å². The molecular formula is C20H21NO8S. The second-order valence-corrected chi connectivity index (χ2v) is 8.23. The molecule has 0 radical (unpaired) electrons. The van der Waals surface area contributed by atoms with Gasteiger partial charge >= 0.3 is 11.9 Å². The average Bonchev–Trinajstić information content (AvgIpc) is 2.75. The Bertz CT molecular complexity index is 1050. The third kappa shape index (κ3) is 4.96. The molecule has 160 valence electrons. The molecule has 0 fully saturated rings. The summed E-state index contributed by atoms with van der Waals surface area (Å²) in [5.41, 5.74) is 1.62. The van der Waals surface area contributed by atoms with Crippen molar-refractivity contribution in [3.8, 4) is 5.75 Å². The van der Waals surface area contributed by atoms with Gasteiger partial charge in [-0.1, -0.05) is 18.2 Å². The number of hydrogen-bond donors (Lipinski definition) is 2. The first kappa shape index (κ1) is 21.8. The van der Waals surface area contributed by atoms with E-state index in [9.17, 15) is 18.0 Å². The highest BCUT2D eigenvalue weighted by atomic mass is 32.2. The van der Waals surface area contributed by atoms with Crippen LogP contribution in [0, 0.1) is 0 Å². The van der Waals surface area contributed by atoms with Crippen LogP contribution in [0.1, 0.15) is 27.6 Å². The molecule has 3 rings (SSSR count). The fourth-order valence-corrected chi connectivity index (χ4v) is 4.39. The maximum absolute atomic E-state index is 12.8. The molecule has 2 aromatic rings. The highest BCUT2D eigenvalue weighted by Crippen LogP contribution is 2.30. The van der Waals surface area contributed by atoms with Gasteiger partial charge in [0.15, 0.2) is 6.61 Å². The van der Waals surface area contributed by atoms with E-state index in [1.54, 1.807) is 24.3 Å². The van der Waals surface area contributed by atoms with Crippen molar-refractivity contribution in [2.75, 3.05) is 26.9 Å². The number of sulfonamides is 1. The van der Waals surface area contributed by atoms with E-state index in [1.807, 2.05) is 0 Å². The molecular weight excluding hydrogens is 414 g/mol. The lowest BCUT2D eigenvalue weighted by atomic mass is 9.97. The number of fused-ring (bicyclic) bond motifs is 1. The van der Waals surface area contributed by atoms with Gasteiger partial charge in [0.2, 0.25) is 10.0 Å². The Kier molecular flexibility index (Phi) is 6.70. The maximum Gasteiger partial charge on any atom is 0.341 e. The maximum atomic E-state index is 12.8. The van der Waals surface area contributed by atoms with Crippen LogP contribution in [0.3, 0.4) is 0 Å². The molecule has 2 aromatic carbocycles. The highest BCUT2D eigenvalue weighted by molar-refractivity contribution is 7.89. The van der Waals surface area contributed by atoms with E-state index in [0.717, 1.165) is 11.1 Å². The van der Waals surface area contributed by atoms with Crippen molar-refractivity contribution in [3.05, 3.63) is 59.2 Å². The van der Waals surface area contributed by atoms with Crippen molar-refractivity contribution in [3.63, 3.8) is 0 Å². The van der Waals surface area contributed by atoms with Crippen LogP contribution in [-0.4, -0.2) is 52.3 Å². The van der Waals surface area contributed by atoms with Crippen molar-refractivity contribution in [2.45, 2.75) is 17.4 Å². The minimum Gasteiger partial charge on any atom is -0.482 e. The topological polar surface area (TPSA) is 128 Å². The van der Waals surface area contributed by atoms with Crippen molar-refractivity contribution in [2.24, 2.45) is 0 Å². The van der Waals surface area contributed by atoms with Crippen LogP contribution in [0.25, 0.3) is 0 Å². The number of carbonyl (C=O) groups excluding carboxylic acids is 1. The Labute approximate surface area is 173 Å². The molecule has 1 atom stereocenters. The summed E-state index contributed by atoms with van der Waals surface area (Å²) in [6.45, 7) is -0.112. The zero-order valence-electron chi connectivity index (χ0n) is 16.2. The van der Waals surface area contributed by atoms with Gasteiger partial charge in [-0.25, -0.2) is 22.7 Å². The summed E-state index contributed by atoms with van der Waals surface area (Å²) in [6, 6.07) is 10.9. The van der Waals surface area contributed by atoms with E-state index in [4.69, 9.17) is 14.6 Å². The van der Waals surface area contributed by atoms with Crippen LogP contribution in [0.15, 0.2) is 47.4 Å². The van der Waals surface area contributed by atoms with Crippen molar-refractivity contribution < 1.29 is 37.3 Å². The molecule has 1 aliphatic heterocycles. The molecule has 1 unspecified atom stereocenters. The average molecular weight is 435 g/mol. The summed E-state index contributed by atoms with van der Waals surface area (Å²) in [4.78, 5) is 22.4. The summed E-state index contributed by atoms with van der Waals surface area (Å²) in [5, 5.41) is 8.73. The molecule has 1 heterocycles. The minimum absolute atomic E-state index is 0.0415. The van der Waals surface area contributed by atoms with Crippen molar-refractivity contribution in [1.82, 2.24) is 4.72 Å². The van der Waals surface area contributed by atoms with Crippen LogP contribution in [-0.2, 0) is 30.7 Å². The number of ether oxygens (including phenoxy) is 3. The molecule has 0 saturated heterocycles. The largest absolute Gasteiger partial charge is 0.482 e. The van der Waals surface area contributed by atoms with Gasteiger partial charge < -0.3 is 19.3 Å². The molecule has 0 aromatic heterocycles. The van der Waals surface area contributed by atoms with Gasteiger partial charge in [0.25, 0.3) is 0 Å². The molecule has 30 heavy (non-hydrogen) atoms. The van der Waals surface area contributed by atoms with E-state index < -0.39 is 34.7 Å². The lowest BCUT2D eigenvalue weighted by Crippen LogP contribution is -2.32. The Morgan fingerprint density at radius 1 is 1.23 bits per heavy atom. The van der Waals surface area contributed by atoms with E-state index >= 15 is 0 Å². The Balaban J connectivity index is 1.76. The predicted molar refractivity (Wildman–Crippen MR) is 105 cm³/mol. The van der Waals surface area contributed by atoms with E-state index in [-0.39, 0.29) is 17.0 Å². The Morgan fingerprint density at radius 3 is 2.73 bits per heavy atom. The molecule has 0 saturated carbocycles. The number of carboxylic acids is 1. The number of carboxylic acid groups (broad SMARTS) is 1. The number of esters is 1. The van der Waals surface area contributed by atoms with Crippen LogP contribution in [0.2, 0.25) is 0 Å². The van der Waals surface area contributed by atoms with Gasteiger partial charge in [-0.2, -0.15) is 0 Å². The number of rotatable bonds is 8. The minimum atomic E-state index is -4.00. The number of aliphatic carboxylic acids is 1. The van der Waals surface area contributed by atoms with Gasteiger partial charge in [-0.05, 0) is 41.8 Å². The van der Waals surface area contributed by atoms with Gasteiger partial charge in [0.1, 0.15) is 5.75 Å². The molecule has 0 bridgehead atoms. The lowest BCUT2D eigenvalue weighted by molar-refractivity contribution is -0.139. The zero-order chi connectivity index (χ0) is 21.7. The molecule has 0 spiro atoms. The van der Waals surface area contributed by atoms with Gasteiger partial charge in [0, 0.05) is 6.54 Å². The molecule has 9 nitrogen and oxygen atoms in total. The second-order valence-electron chi connectivity index (χ2n) is 6.49. The monoisotopic (exact) mass is 435 g/mol. The number of hydrogen-bond acceptors (Lipinski definition) is 7. The first-order valence-electron chi connectivity index (χ1n) is 9.08. The van der Waals surface area contributed by atoms with Gasteiger partial charge in [-0.15, -0.1) is 0 Å². The standard InChI is InChI=1S/C20H21NO8S/c1-27-20(24)16-4-2-3-5-18(16)30(25,26)21-11-17-15-7-6-14(29-12-19(22)23)10-13(15)8-9-28-17/h2-7,10,17,21H,8-9,11-12H2,1H3,(H,22,23). The van der Waals surface area contributed by atoms with E-state index in [2.05, 4.69) is 9.46 Å². The third-order valence-corrected chi connectivity index (χ3v) is 6.04. The van der Waals surface area contributed by atoms with Crippen LogP contribution in [0.4, 0.5) is 0 Å². The highest BCUT2D eigenvalue weighted by Gasteiger charge is 2.26. The first-order chi connectivity index (χ1) is 14.3. The predicted octanol–water partition coefficient (Wildman–Crippen LogP) is 1.53. The fraction of sp³-hybridized carbons (Fsp3) is 0.300. The fourth-order valence-electron chi connectivity index (χ4n) is 3.16. The smallest absolute Gasteiger partial charge is 0.341 e. The summed E-state index contributed by atoms with van der Waals surface area (Å²) in [6.07, 6.45) is 0.0518. The third-order valence-electron chi connectivity index (χ3n) is 4.55. The number of benzene rings is 2. The Hall–Kier alpha value is -2.95. The summed E-state index contributed by atoms with van der Waals surface area (Å²) in [7, 11) is -2.81. The SMILES string of the molecule is COC(=O)c1ccccc1S(=O)(=O)NCC1OCCc2cc(OCC(=O)O)ccc21. The molecule has 1 aliphatic rings. The number of carbonyl (C=O) groups is 2. The van der Waals surface area contributed by atoms with E-state index in [1.165, 1.54) is 25.3 Å². The molecule has 10 heteroatoms. The van der Waals surface area contributed by atoms with Crippen LogP contribution >= 0.6 is 0 Å². The molecule has 0 aliphatic carbocycles. The quantitative estimate of drug-likeness (QED) is 0.598. The summed E-state index contributed by atoms with van der Waals surface area (Å²) in [5.74, 6) is -1.40. The second kappa shape index (κ2) is 9.24. The lowest BCUT2D eigenvalue weighted by Gasteiger charge is -2.27. The first-order valence-corrected chi connectivity index (χ1v) is 10.6. The van der Waals surface area contributed by atoms with Crippen LogP contribution < -0.4 is 9.46 Å². The Morgan fingerprint density at radius 2 is 2.00 bits per heavy atom. The molecule has 0 amide bonds. The van der Waals surface area contributed by atoms with Crippen molar-refractivity contribution in [1.29, 1.82) is 0 Å². The molecule has 2 N–H and O–H groups in total. The van der Waals surface area contributed by atoms with Gasteiger partial charge in [0.05, 0.1) is 30.3 Å². The number of nitrogens with one attached hydrogen (secondary N) is 1. The zero-order valence-corrected chi connectivity index (χ0v) is 17.0. The normalized spacial score (nSPS) is 15.8. The van der Waals surface area contributed by atoms with Gasteiger partial charge in [-0.3, -0.25) is 0 Å². The summed E-state index contributed by atoms with van der Waals surface area (Å²) < 4.78 is 43.6. The summed E-state index contributed by atoms with van der Waals surface area (Å²) >= 11 is 0.